The van der Waals surface area contributed by atoms with Crippen LogP contribution < -0.4 is 10.1 Å². The third-order valence-electron chi connectivity index (χ3n) is 10.3. The number of fused-ring (bicyclic) bond motifs is 2. The number of likely N-dealkylation sites (tertiary alicyclic amines) is 1. The number of alkyl halides is 3. The largest absolute Gasteiger partial charge is 0.484 e. The number of benzene rings is 2. The molecule has 2 saturated heterocycles. The molecule has 6 rings (SSSR count). The van der Waals surface area contributed by atoms with Crippen LogP contribution in [-0.4, -0.2) is 49.3 Å². The van der Waals surface area contributed by atoms with E-state index in [0.29, 0.717) is 37.1 Å². The van der Waals surface area contributed by atoms with Crippen molar-refractivity contribution in [3.8, 4) is 5.75 Å². The van der Waals surface area contributed by atoms with Gasteiger partial charge >= 0.3 is 6.18 Å². The first-order chi connectivity index (χ1) is 19.4. The van der Waals surface area contributed by atoms with Crippen LogP contribution in [0.4, 0.5) is 13.2 Å². The Balaban J connectivity index is 1.29. The zero-order valence-electron chi connectivity index (χ0n) is 23.2. The lowest BCUT2D eigenvalue weighted by molar-refractivity contribution is -0.153. The molecule has 1 spiro atoms. The van der Waals surface area contributed by atoms with Gasteiger partial charge in [-0.15, -0.1) is 0 Å². The van der Waals surface area contributed by atoms with Gasteiger partial charge in [-0.3, -0.25) is 4.79 Å². The average Bonchev–Trinajstić information content (AvgIpc) is 3.40. The number of nitrogens with zero attached hydrogens (tertiary/aromatic N) is 1. The second-order valence-corrected chi connectivity index (χ2v) is 12.5. The lowest BCUT2D eigenvalue weighted by Gasteiger charge is -2.48. The molecule has 40 heavy (non-hydrogen) atoms. The number of rotatable bonds is 5. The summed E-state index contributed by atoms with van der Waals surface area (Å²) in [6.45, 7) is 0.764. The van der Waals surface area contributed by atoms with Crippen LogP contribution in [-0.2, 0) is 16.6 Å². The smallest absolute Gasteiger partial charge is 0.422 e. The molecule has 1 amide bonds. The highest BCUT2D eigenvalue weighted by atomic mass is 19.4. The molecule has 1 saturated carbocycles. The van der Waals surface area contributed by atoms with Crippen LogP contribution >= 0.6 is 0 Å². The Hall–Kier alpha value is -2.54. The minimum absolute atomic E-state index is 0.219. The number of hydrogen-bond donors (Lipinski definition) is 1. The summed E-state index contributed by atoms with van der Waals surface area (Å²) in [7, 11) is 0. The Labute approximate surface area is 235 Å². The van der Waals surface area contributed by atoms with E-state index in [1.165, 1.54) is 37.7 Å². The summed E-state index contributed by atoms with van der Waals surface area (Å²) >= 11 is 0. The van der Waals surface area contributed by atoms with Crippen molar-refractivity contribution < 1.29 is 22.7 Å². The minimum Gasteiger partial charge on any atom is -0.484 e. The van der Waals surface area contributed by atoms with Crippen LogP contribution in [0.2, 0.25) is 0 Å². The highest BCUT2D eigenvalue weighted by molar-refractivity contribution is 5.82. The van der Waals surface area contributed by atoms with Gasteiger partial charge in [0.25, 0.3) is 0 Å². The molecule has 0 bridgehead atoms. The van der Waals surface area contributed by atoms with Crippen molar-refractivity contribution in [2.24, 2.45) is 11.8 Å². The van der Waals surface area contributed by atoms with Gasteiger partial charge in [-0.05, 0) is 79.5 Å². The van der Waals surface area contributed by atoms with Gasteiger partial charge in [-0.25, -0.2) is 0 Å². The van der Waals surface area contributed by atoms with E-state index in [4.69, 9.17) is 4.74 Å². The van der Waals surface area contributed by atoms with Crippen molar-refractivity contribution in [1.29, 1.82) is 0 Å². The maximum absolute atomic E-state index is 14.6. The molecule has 2 aromatic rings. The lowest BCUT2D eigenvalue weighted by atomic mass is 9.63. The number of hydrogen-bond acceptors (Lipinski definition) is 3. The fraction of sp³-hybridized carbons (Fsp3) is 0.606. The first-order valence-electron chi connectivity index (χ1n) is 15.2. The molecule has 4 nitrogen and oxygen atoms in total. The number of carbonyl (C=O) groups excluding carboxylic acids is 1. The van der Waals surface area contributed by atoms with E-state index in [9.17, 15) is 18.0 Å². The van der Waals surface area contributed by atoms with Gasteiger partial charge in [0.15, 0.2) is 6.61 Å². The maximum Gasteiger partial charge on any atom is 0.422 e. The van der Waals surface area contributed by atoms with E-state index >= 15 is 0 Å². The Morgan fingerprint density at radius 3 is 2.58 bits per heavy atom. The van der Waals surface area contributed by atoms with E-state index < -0.39 is 18.2 Å². The van der Waals surface area contributed by atoms with Gasteiger partial charge in [-0.1, -0.05) is 61.7 Å². The van der Waals surface area contributed by atoms with Gasteiger partial charge in [-0.2, -0.15) is 13.2 Å². The SMILES string of the molecule is O=C(C1CNCC12CCCc1c(OCC(F)(F)F)cccc12)N1CCC(c2ccccc2)CC1C1CCCCC1. The zero-order valence-corrected chi connectivity index (χ0v) is 23.2. The quantitative estimate of drug-likeness (QED) is 0.443. The topological polar surface area (TPSA) is 41.6 Å². The molecule has 4 unspecified atom stereocenters. The van der Waals surface area contributed by atoms with Crippen LogP contribution in [0.1, 0.15) is 80.4 Å². The number of carbonyl (C=O) groups is 1. The van der Waals surface area contributed by atoms with Gasteiger partial charge in [0, 0.05) is 31.1 Å². The first kappa shape index (κ1) is 27.6. The summed E-state index contributed by atoms with van der Waals surface area (Å²) in [6, 6.07) is 16.5. The summed E-state index contributed by atoms with van der Waals surface area (Å²) in [5, 5.41) is 3.53. The molecule has 2 aliphatic carbocycles. The Morgan fingerprint density at radius 1 is 1.00 bits per heavy atom. The lowest BCUT2D eigenvalue weighted by Crippen LogP contribution is -2.55. The number of nitrogens with one attached hydrogen (secondary N) is 1. The summed E-state index contributed by atoms with van der Waals surface area (Å²) < 4.78 is 44.2. The van der Waals surface area contributed by atoms with E-state index in [2.05, 4.69) is 40.5 Å². The van der Waals surface area contributed by atoms with E-state index in [1.807, 2.05) is 6.07 Å². The summed E-state index contributed by atoms with van der Waals surface area (Å²) in [5.41, 5.74) is 2.83. The number of ether oxygens (including phenoxy) is 1. The average molecular weight is 555 g/mol. The summed E-state index contributed by atoms with van der Waals surface area (Å²) in [5.74, 6) is 1.34. The number of amides is 1. The van der Waals surface area contributed by atoms with Crippen molar-refractivity contribution in [2.45, 2.75) is 87.8 Å². The predicted octanol–water partition coefficient (Wildman–Crippen LogP) is 6.78. The van der Waals surface area contributed by atoms with Gasteiger partial charge in [0.2, 0.25) is 5.91 Å². The standard InChI is InChI=1S/C33H41F3N2O2/c34-33(35,36)22-40-30-15-7-14-27-26(30)13-8-17-32(27)21-37-20-28(32)31(39)38-18-16-25(23-9-3-1-4-10-23)19-29(38)24-11-5-2-6-12-24/h1,3-4,7,9-10,14-15,24-25,28-29,37H,2,5-6,8,11-13,16-22H2. The minimum atomic E-state index is -4.39. The second-order valence-electron chi connectivity index (χ2n) is 12.5. The highest BCUT2D eigenvalue weighted by Crippen LogP contribution is 2.49. The third kappa shape index (κ3) is 5.38. The van der Waals surface area contributed by atoms with Gasteiger partial charge < -0.3 is 15.0 Å². The molecule has 2 heterocycles. The Morgan fingerprint density at radius 2 is 1.80 bits per heavy atom. The highest BCUT2D eigenvalue weighted by Gasteiger charge is 2.53. The third-order valence-corrected chi connectivity index (χ3v) is 10.3. The monoisotopic (exact) mass is 554 g/mol. The normalized spacial score (nSPS) is 29.4. The molecule has 3 fully saturated rings. The van der Waals surface area contributed by atoms with Crippen molar-refractivity contribution in [2.75, 3.05) is 26.2 Å². The molecule has 7 heteroatoms. The number of halogens is 3. The molecule has 0 radical (unpaired) electrons. The van der Waals surface area contributed by atoms with Crippen molar-refractivity contribution in [3.05, 3.63) is 65.2 Å². The summed E-state index contributed by atoms with van der Waals surface area (Å²) in [6.07, 6.45) is 6.11. The summed E-state index contributed by atoms with van der Waals surface area (Å²) in [4.78, 5) is 16.9. The van der Waals surface area contributed by atoms with Crippen molar-refractivity contribution in [3.63, 3.8) is 0 Å². The number of piperidine rings is 1. The van der Waals surface area contributed by atoms with Crippen LogP contribution in [0.3, 0.4) is 0 Å². The second kappa shape index (κ2) is 11.4. The molecule has 2 aliphatic heterocycles. The van der Waals surface area contributed by atoms with E-state index in [0.717, 1.165) is 43.4 Å². The van der Waals surface area contributed by atoms with Crippen LogP contribution in [0.15, 0.2) is 48.5 Å². The predicted molar refractivity (Wildman–Crippen MR) is 149 cm³/mol. The molecule has 2 aromatic carbocycles. The van der Waals surface area contributed by atoms with Crippen molar-refractivity contribution in [1.82, 2.24) is 10.2 Å². The molecule has 4 aliphatic rings. The van der Waals surface area contributed by atoms with Crippen LogP contribution in [0.25, 0.3) is 0 Å². The van der Waals surface area contributed by atoms with Crippen LogP contribution in [0, 0.1) is 11.8 Å². The molecular formula is C33H41F3N2O2. The maximum atomic E-state index is 14.6. The Kier molecular flexibility index (Phi) is 7.86. The zero-order chi connectivity index (χ0) is 27.7. The molecular weight excluding hydrogens is 513 g/mol. The fourth-order valence-corrected chi connectivity index (χ4v) is 8.39. The van der Waals surface area contributed by atoms with E-state index in [-0.39, 0.29) is 17.9 Å². The molecule has 1 N–H and O–H groups in total. The fourth-order valence-electron chi connectivity index (χ4n) is 8.39. The van der Waals surface area contributed by atoms with Crippen LogP contribution in [0.5, 0.6) is 5.75 Å². The molecule has 4 atom stereocenters. The first-order valence-corrected chi connectivity index (χ1v) is 15.2. The molecule has 216 valence electrons. The van der Waals surface area contributed by atoms with E-state index in [1.54, 1.807) is 12.1 Å². The van der Waals surface area contributed by atoms with Gasteiger partial charge in [0.1, 0.15) is 5.75 Å². The van der Waals surface area contributed by atoms with Gasteiger partial charge in [0.05, 0.1) is 5.92 Å². The Bertz CT molecular complexity index is 1180. The molecule has 0 aromatic heterocycles. The van der Waals surface area contributed by atoms with Crippen molar-refractivity contribution >= 4 is 5.91 Å².